The number of halogens is 2. The van der Waals surface area contributed by atoms with Gasteiger partial charge in [-0.1, -0.05) is 12.1 Å². The summed E-state index contributed by atoms with van der Waals surface area (Å²) in [6.07, 6.45) is -3.38. The number of rotatable bonds is 3. The second-order valence-corrected chi connectivity index (χ2v) is 2.71. The van der Waals surface area contributed by atoms with Crippen molar-refractivity contribution in [1.82, 2.24) is 0 Å². The predicted octanol–water partition coefficient (Wildman–Crippen LogP) is 2.38. The minimum Gasteiger partial charge on any atom is -0.478 e. The van der Waals surface area contributed by atoms with E-state index in [0.29, 0.717) is 6.92 Å². The van der Waals surface area contributed by atoms with Gasteiger partial charge in [0, 0.05) is 6.92 Å². The van der Waals surface area contributed by atoms with Gasteiger partial charge in [-0.25, -0.2) is 4.79 Å². The van der Waals surface area contributed by atoms with Crippen molar-refractivity contribution in [2.75, 3.05) is 0 Å². The quantitative estimate of drug-likeness (QED) is 0.818. The molecule has 0 spiro atoms. The van der Waals surface area contributed by atoms with Gasteiger partial charge >= 0.3 is 12.1 Å². The van der Waals surface area contributed by atoms with E-state index in [2.05, 4.69) is 4.74 Å². The molecule has 0 radical (unpaired) electrons. The maximum atomic E-state index is 12.4. The van der Waals surface area contributed by atoms with E-state index in [4.69, 9.17) is 5.11 Å². The molecule has 0 aliphatic rings. The Morgan fingerprint density at radius 2 is 2.00 bits per heavy atom. The molecule has 1 aromatic rings. The Labute approximate surface area is 78.9 Å². The van der Waals surface area contributed by atoms with E-state index in [1.54, 1.807) is 0 Å². The van der Waals surface area contributed by atoms with Crippen molar-refractivity contribution in [3.05, 3.63) is 29.8 Å². The van der Waals surface area contributed by atoms with Crippen LogP contribution in [0, 0.1) is 0 Å². The van der Waals surface area contributed by atoms with Crippen LogP contribution in [0.15, 0.2) is 24.3 Å². The van der Waals surface area contributed by atoms with Gasteiger partial charge in [-0.05, 0) is 12.1 Å². The molecule has 0 aliphatic heterocycles. The fourth-order valence-electron chi connectivity index (χ4n) is 0.925. The van der Waals surface area contributed by atoms with Crippen LogP contribution in [-0.4, -0.2) is 17.2 Å². The van der Waals surface area contributed by atoms with Crippen LogP contribution in [0.1, 0.15) is 17.3 Å². The van der Waals surface area contributed by atoms with Gasteiger partial charge in [-0.2, -0.15) is 8.78 Å². The van der Waals surface area contributed by atoms with E-state index in [0.717, 1.165) is 0 Å². The van der Waals surface area contributed by atoms with Crippen molar-refractivity contribution in [3.63, 3.8) is 0 Å². The zero-order valence-electron chi connectivity index (χ0n) is 7.33. The van der Waals surface area contributed by atoms with Crippen LogP contribution < -0.4 is 4.74 Å². The maximum absolute atomic E-state index is 12.4. The number of para-hydroxylation sites is 1. The topological polar surface area (TPSA) is 46.5 Å². The molecule has 14 heavy (non-hydrogen) atoms. The number of hydrogen-bond donors (Lipinski definition) is 1. The van der Waals surface area contributed by atoms with Gasteiger partial charge in [0.05, 0.1) is 0 Å². The van der Waals surface area contributed by atoms with E-state index in [-0.39, 0.29) is 11.3 Å². The van der Waals surface area contributed by atoms with Gasteiger partial charge < -0.3 is 9.84 Å². The molecular formula is C9H8F2O3. The van der Waals surface area contributed by atoms with E-state index in [1.165, 1.54) is 24.3 Å². The van der Waals surface area contributed by atoms with Crippen LogP contribution >= 0.6 is 0 Å². The van der Waals surface area contributed by atoms with Crippen LogP contribution in [0.25, 0.3) is 0 Å². The summed E-state index contributed by atoms with van der Waals surface area (Å²) < 4.78 is 29.1. The first kappa shape index (κ1) is 10.4. The van der Waals surface area contributed by atoms with E-state index in [9.17, 15) is 13.6 Å². The average molecular weight is 202 g/mol. The van der Waals surface area contributed by atoms with Gasteiger partial charge in [0.1, 0.15) is 11.3 Å². The third kappa shape index (κ3) is 2.69. The number of carboxylic acids is 1. The third-order valence-corrected chi connectivity index (χ3v) is 1.41. The molecule has 0 heterocycles. The van der Waals surface area contributed by atoms with Gasteiger partial charge in [-0.15, -0.1) is 0 Å². The first-order chi connectivity index (χ1) is 6.40. The highest BCUT2D eigenvalue weighted by Crippen LogP contribution is 2.24. The molecule has 0 unspecified atom stereocenters. The molecule has 0 aliphatic carbocycles. The Hall–Kier alpha value is -1.65. The fourth-order valence-corrected chi connectivity index (χ4v) is 0.925. The number of ether oxygens (including phenoxy) is 1. The average Bonchev–Trinajstić information content (AvgIpc) is 2.01. The van der Waals surface area contributed by atoms with E-state index >= 15 is 0 Å². The van der Waals surface area contributed by atoms with Gasteiger partial charge in [0.25, 0.3) is 0 Å². The van der Waals surface area contributed by atoms with E-state index in [1.807, 2.05) is 0 Å². The first-order valence-corrected chi connectivity index (χ1v) is 3.79. The Kier molecular flexibility index (Phi) is 2.69. The van der Waals surface area contributed by atoms with Crippen molar-refractivity contribution in [3.8, 4) is 5.75 Å². The predicted molar refractivity (Wildman–Crippen MR) is 44.7 cm³/mol. The lowest BCUT2D eigenvalue weighted by Gasteiger charge is -2.14. The number of alkyl halides is 2. The summed E-state index contributed by atoms with van der Waals surface area (Å²) in [7, 11) is 0. The minimum atomic E-state index is -3.38. The molecule has 5 heteroatoms. The van der Waals surface area contributed by atoms with Gasteiger partial charge in [0.15, 0.2) is 0 Å². The molecule has 76 valence electrons. The lowest BCUT2D eigenvalue weighted by Crippen LogP contribution is -2.20. The molecule has 1 N–H and O–H groups in total. The molecule has 0 saturated heterocycles. The molecule has 1 aromatic carbocycles. The summed E-state index contributed by atoms with van der Waals surface area (Å²) in [5.41, 5.74) is -0.283. The van der Waals surface area contributed by atoms with Crippen molar-refractivity contribution in [2.45, 2.75) is 13.0 Å². The summed E-state index contributed by atoms with van der Waals surface area (Å²) in [6.45, 7) is 0.547. The number of carboxylic acid groups (broad SMARTS) is 1. The number of benzene rings is 1. The normalized spacial score (nSPS) is 11.1. The molecule has 0 fully saturated rings. The van der Waals surface area contributed by atoms with Crippen LogP contribution in [0.4, 0.5) is 8.78 Å². The monoisotopic (exact) mass is 202 g/mol. The van der Waals surface area contributed by atoms with Crippen LogP contribution in [0.3, 0.4) is 0 Å². The zero-order chi connectivity index (χ0) is 10.8. The highest BCUT2D eigenvalue weighted by Gasteiger charge is 2.25. The molecule has 0 saturated carbocycles. The third-order valence-electron chi connectivity index (χ3n) is 1.41. The number of aromatic carboxylic acids is 1. The standard InChI is InChI=1S/C9H8F2O3/c1-9(10,11)14-7-5-3-2-4-6(7)8(12)13/h2-5H,1H3,(H,12,13). The Morgan fingerprint density at radius 1 is 1.43 bits per heavy atom. The second kappa shape index (κ2) is 3.61. The van der Waals surface area contributed by atoms with Crippen molar-refractivity contribution in [2.24, 2.45) is 0 Å². The molecule has 3 nitrogen and oxygen atoms in total. The summed E-state index contributed by atoms with van der Waals surface area (Å²) in [6, 6.07) is 5.24. The summed E-state index contributed by atoms with van der Waals surface area (Å²) >= 11 is 0. The molecule has 0 bridgehead atoms. The van der Waals surface area contributed by atoms with Crippen molar-refractivity contribution in [1.29, 1.82) is 0 Å². The summed E-state index contributed by atoms with van der Waals surface area (Å²) in [5.74, 6) is -1.64. The Balaban J connectivity index is 3.02. The van der Waals surface area contributed by atoms with E-state index < -0.39 is 12.1 Å². The maximum Gasteiger partial charge on any atom is 0.394 e. The molecular weight excluding hydrogens is 194 g/mol. The number of hydrogen-bond acceptors (Lipinski definition) is 2. The Morgan fingerprint density at radius 3 is 2.50 bits per heavy atom. The smallest absolute Gasteiger partial charge is 0.394 e. The largest absolute Gasteiger partial charge is 0.478 e. The highest BCUT2D eigenvalue weighted by atomic mass is 19.3. The SMILES string of the molecule is CC(F)(F)Oc1ccccc1C(=O)O. The lowest BCUT2D eigenvalue weighted by atomic mass is 10.2. The van der Waals surface area contributed by atoms with Crippen molar-refractivity contribution < 1.29 is 23.4 Å². The molecule has 0 atom stereocenters. The first-order valence-electron chi connectivity index (χ1n) is 3.79. The minimum absolute atomic E-state index is 0.283. The highest BCUT2D eigenvalue weighted by molar-refractivity contribution is 5.90. The molecule has 1 rings (SSSR count). The van der Waals surface area contributed by atoms with Crippen LogP contribution in [0.2, 0.25) is 0 Å². The van der Waals surface area contributed by atoms with Gasteiger partial charge in [0.2, 0.25) is 0 Å². The summed E-state index contributed by atoms with van der Waals surface area (Å²) in [5, 5.41) is 8.64. The zero-order valence-corrected chi connectivity index (χ0v) is 7.33. The summed E-state index contributed by atoms with van der Waals surface area (Å²) in [4.78, 5) is 10.6. The molecule has 0 amide bonds. The fraction of sp³-hybridized carbons (Fsp3) is 0.222. The number of carbonyl (C=O) groups is 1. The van der Waals surface area contributed by atoms with Crippen LogP contribution in [-0.2, 0) is 0 Å². The second-order valence-electron chi connectivity index (χ2n) is 2.71. The van der Waals surface area contributed by atoms with Crippen LogP contribution in [0.5, 0.6) is 5.75 Å². The molecule has 0 aromatic heterocycles. The van der Waals surface area contributed by atoms with Gasteiger partial charge in [-0.3, -0.25) is 0 Å². The van der Waals surface area contributed by atoms with Crippen molar-refractivity contribution >= 4 is 5.97 Å². The Bertz CT molecular complexity index is 344. The lowest BCUT2D eigenvalue weighted by molar-refractivity contribution is -0.159.